The minimum absolute atomic E-state index is 0.348. The summed E-state index contributed by atoms with van der Waals surface area (Å²) in [6, 6.07) is 7.34. The van der Waals surface area contributed by atoms with E-state index < -0.39 is 6.10 Å². The number of nitrogens with one attached hydrogen (secondary N) is 1. The number of rotatable bonds is 4. The molecule has 0 saturated heterocycles. The Morgan fingerprint density at radius 2 is 2.11 bits per heavy atom. The van der Waals surface area contributed by atoms with Gasteiger partial charge in [-0.05, 0) is 25.3 Å². The van der Waals surface area contributed by atoms with Gasteiger partial charge in [0.05, 0.1) is 0 Å². The number of carbonyl (C=O) groups excluding carboxylic acids is 1. The fourth-order valence-electron chi connectivity index (χ4n) is 2.00. The summed E-state index contributed by atoms with van der Waals surface area (Å²) in [5.41, 5.74) is 2.92. The van der Waals surface area contributed by atoms with Crippen molar-refractivity contribution in [2.24, 2.45) is 0 Å². The zero-order valence-corrected chi connectivity index (χ0v) is 11.1. The van der Waals surface area contributed by atoms with Gasteiger partial charge < -0.3 is 10.4 Å². The van der Waals surface area contributed by atoms with Crippen molar-refractivity contribution in [1.82, 2.24) is 5.32 Å². The predicted octanol–water partition coefficient (Wildman–Crippen LogP) is 2.42. The highest BCUT2D eigenvalue weighted by atomic mass is 16.3. The highest BCUT2D eigenvalue weighted by Crippen LogP contribution is 2.15. The normalized spacial score (nSPS) is 15.8. The van der Waals surface area contributed by atoms with Crippen LogP contribution in [-0.2, 0) is 4.79 Å². The molecule has 0 fully saturated rings. The van der Waals surface area contributed by atoms with Crippen LogP contribution in [0.1, 0.15) is 30.1 Å². The Labute approximate surface area is 113 Å². The lowest BCUT2D eigenvalue weighted by Gasteiger charge is -2.14. The molecule has 100 valence electrons. The van der Waals surface area contributed by atoms with E-state index in [1.54, 1.807) is 12.1 Å². The van der Waals surface area contributed by atoms with Crippen LogP contribution in [0, 0.1) is 6.92 Å². The molecule has 0 spiro atoms. The number of amides is 1. The molecular formula is C16H19NO2. The molecule has 2 N–H and O–H groups in total. The van der Waals surface area contributed by atoms with Gasteiger partial charge in [0, 0.05) is 6.54 Å². The molecular weight excluding hydrogens is 238 g/mol. The first kappa shape index (κ1) is 13.6. The van der Waals surface area contributed by atoms with E-state index in [9.17, 15) is 9.90 Å². The molecule has 1 aliphatic carbocycles. The van der Waals surface area contributed by atoms with Gasteiger partial charge in [0.25, 0.3) is 5.91 Å². The predicted molar refractivity (Wildman–Crippen MR) is 75.6 cm³/mol. The summed E-state index contributed by atoms with van der Waals surface area (Å²) < 4.78 is 0. The van der Waals surface area contributed by atoms with Crippen LogP contribution in [0.25, 0.3) is 0 Å². The molecule has 0 saturated carbocycles. The number of aliphatic hydroxyl groups excluding tert-OH is 1. The third kappa shape index (κ3) is 3.80. The van der Waals surface area contributed by atoms with Crippen LogP contribution in [0.5, 0.6) is 0 Å². The van der Waals surface area contributed by atoms with Crippen LogP contribution in [0.4, 0.5) is 0 Å². The van der Waals surface area contributed by atoms with E-state index in [0.717, 1.165) is 18.4 Å². The van der Waals surface area contributed by atoms with Crippen molar-refractivity contribution < 1.29 is 9.90 Å². The molecule has 0 aromatic heterocycles. The first-order valence-electron chi connectivity index (χ1n) is 6.54. The average molecular weight is 257 g/mol. The third-order valence-electron chi connectivity index (χ3n) is 3.23. The second-order valence-corrected chi connectivity index (χ2v) is 4.82. The maximum Gasteiger partial charge on any atom is 0.253 e. The van der Waals surface area contributed by atoms with Crippen LogP contribution < -0.4 is 5.32 Å². The Morgan fingerprint density at radius 1 is 1.37 bits per heavy atom. The van der Waals surface area contributed by atoms with Crippen LogP contribution in [0.3, 0.4) is 0 Å². The van der Waals surface area contributed by atoms with Gasteiger partial charge in [-0.3, -0.25) is 4.79 Å². The molecule has 0 aliphatic heterocycles. The average Bonchev–Trinajstić information content (AvgIpc) is 2.46. The van der Waals surface area contributed by atoms with Crippen LogP contribution in [-0.4, -0.2) is 17.6 Å². The molecule has 19 heavy (non-hydrogen) atoms. The van der Waals surface area contributed by atoms with Gasteiger partial charge in [-0.1, -0.05) is 53.6 Å². The number of aryl methyl sites for hydroxylation is 1. The minimum atomic E-state index is -1.10. The van der Waals surface area contributed by atoms with Crippen molar-refractivity contribution in [3.63, 3.8) is 0 Å². The SMILES string of the molecule is Cc1ccc(C(O)C(=O)NCC2=CC=CCC2)cc1. The largest absolute Gasteiger partial charge is 0.378 e. The maximum atomic E-state index is 11.9. The number of benzene rings is 1. The third-order valence-corrected chi connectivity index (χ3v) is 3.23. The van der Waals surface area contributed by atoms with E-state index in [1.807, 2.05) is 31.2 Å². The highest BCUT2D eigenvalue weighted by Gasteiger charge is 2.16. The van der Waals surface area contributed by atoms with E-state index in [2.05, 4.69) is 11.4 Å². The lowest BCUT2D eigenvalue weighted by atomic mass is 10.0. The highest BCUT2D eigenvalue weighted by molar-refractivity contribution is 5.82. The van der Waals surface area contributed by atoms with Gasteiger partial charge in [0.15, 0.2) is 6.10 Å². The van der Waals surface area contributed by atoms with E-state index >= 15 is 0 Å². The van der Waals surface area contributed by atoms with Gasteiger partial charge in [-0.25, -0.2) is 0 Å². The molecule has 0 heterocycles. The summed E-state index contributed by atoms with van der Waals surface area (Å²) in [5, 5.41) is 12.7. The Morgan fingerprint density at radius 3 is 2.74 bits per heavy atom. The zero-order valence-electron chi connectivity index (χ0n) is 11.1. The smallest absolute Gasteiger partial charge is 0.253 e. The van der Waals surface area contributed by atoms with Crippen molar-refractivity contribution in [1.29, 1.82) is 0 Å². The zero-order chi connectivity index (χ0) is 13.7. The second-order valence-electron chi connectivity index (χ2n) is 4.82. The Bertz CT molecular complexity index is 500. The van der Waals surface area contributed by atoms with Crippen molar-refractivity contribution in [3.8, 4) is 0 Å². The molecule has 1 atom stereocenters. The fourth-order valence-corrected chi connectivity index (χ4v) is 2.00. The summed E-state index contributed by atoms with van der Waals surface area (Å²) in [5.74, 6) is -0.348. The number of hydrogen-bond acceptors (Lipinski definition) is 2. The van der Waals surface area contributed by atoms with Crippen molar-refractivity contribution >= 4 is 5.91 Å². The first-order valence-corrected chi connectivity index (χ1v) is 6.54. The lowest BCUT2D eigenvalue weighted by Crippen LogP contribution is -2.31. The van der Waals surface area contributed by atoms with Crippen molar-refractivity contribution in [2.75, 3.05) is 6.54 Å². The maximum absolute atomic E-state index is 11.9. The summed E-state index contributed by atoms with van der Waals surface area (Å²) in [6.45, 7) is 2.48. The molecule has 2 rings (SSSR count). The Hall–Kier alpha value is -1.87. The number of hydrogen-bond donors (Lipinski definition) is 2. The molecule has 0 bridgehead atoms. The molecule has 1 unspecified atom stereocenters. The van der Waals surface area contributed by atoms with Gasteiger partial charge in [-0.15, -0.1) is 0 Å². The molecule has 1 aliphatic rings. The summed E-state index contributed by atoms with van der Waals surface area (Å²) in [7, 11) is 0. The van der Waals surface area contributed by atoms with Crippen molar-refractivity contribution in [2.45, 2.75) is 25.9 Å². The quantitative estimate of drug-likeness (QED) is 0.870. The number of allylic oxidation sites excluding steroid dienone is 3. The van der Waals surface area contributed by atoms with Gasteiger partial charge in [-0.2, -0.15) is 0 Å². The van der Waals surface area contributed by atoms with Crippen LogP contribution in [0.2, 0.25) is 0 Å². The molecule has 3 heteroatoms. The minimum Gasteiger partial charge on any atom is -0.378 e. The van der Waals surface area contributed by atoms with Gasteiger partial charge >= 0.3 is 0 Å². The first-order chi connectivity index (χ1) is 9.16. The fraction of sp³-hybridized carbons (Fsp3) is 0.312. The summed E-state index contributed by atoms with van der Waals surface area (Å²) >= 11 is 0. The van der Waals surface area contributed by atoms with Gasteiger partial charge in [0.1, 0.15) is 0 Å². The molecule has 1 aromatic rings. The Kier molecular flexibility index (Phi) is 4.53. The van der Waals surface area contributed by atoms with Crippen LogP contribution >= 0.6 is 0 Å². The summed E-state index contributed by atoms with van der Waals surface area (Å²) in [4.78, 5) is 11.9. The standard InChI is InChI=1S/C16H19NO2/c1-12-7-9-14(10-8-12)15(18)16(19)17-11-13-5-3-2-4-6-13/h2-3,5,7-10,15,18H,4,6,11H2,1H3,(H,17,19). The van der Waals surface area contributed by atoms with E-state index in [4.69, 9.17) is 0 Å². The topological polar surface area (TPSA) is 49.3 Å². The molecule has 0 radical (unpaired) electrons. The number of aliphatic hydroxyl groups is 1. The summed E-state index contributed by atoms with van der Waals surface area (Å²) in [6.07, 6.45) is 7.01. The lowest BCUT2D eigenvalue weighted by molar-refractivity contribution is -0.129. The van der Waals surface area contributed by atoms with Crippen LogP contribution in [0.15, 0.2) is 48.1 Å². The van der Waals surface area contributed by atoms with E-state index in [-0.39, 0.29) is 5.91 Å². The van der Waals surface area contributed by atoms with E-state index in [0.29, 0.717) is 12.1 Å². The van der Waals surface area contributed by atoms with E-state index in [1.165, 1.54) is 5.57 Å². The molecule has 3 nitrogen and oxygen atoms in total. The monoisotopic (exact) mass is 257 g/mol. The Balaban J connectivity index is 1.90. The molecule has 1 aromatic carbocycles. The van der Waals surface area contributed by atoms with Gasteiger partial charge in [0.2, 0.25) is 0 Å². The number of carbonyl (C=O) groups is 1. The van der Waals surface area contributed by atoms with Crippen molar-refractivity contribution in [3.05, 3.63) is 59.2 Å². The second kappa shape index (κ2) is 6.34. The molecule has 1 amide bonds.